The molecule has 2 aromatic rings. The average Bonchev–Trinajstić information content (AvgIpc) is 2.95. The molecule has 24 heavy (non-hydrogen) atoms. The fraction of sp³-hybridized carbons (Fsp3) is 0.471. The Hall–Kier alpha value is -1.64. The van der Waals surface area contributed by atoms with Crippen LogP contribution in [0.2, 0.25) is 0 Å². The van der Waals surface area contributed by atoms with E-state index < -0.39 is 0 Å². The van der Waals surface area contributed by atoms with Gasteiger partial charge in [-0.1, -0.05) is 36.8 Å². The molecule has 0 saturated carbocycles. The van der Waals surface area contributed by atoms with Gasteiger partial charge in [-0.05, 0) is 25.3 Å². The van der Waals surface area contributed by atoms with E-state index in [9.17, 15) is 0 Å². The van der Waals surface area contributed by atoms with E-state index in [1.807, 2.05) is 7.05 Å². The minimum Gasteiger partial charge on any atom is -0.357 e. The molecule has 0 aliphatic carbocycles. The predicted molar refractivity (Wildman–Crippen MR) is 109 cm³/mol. The molecule has 1 atom stereocenters. The first kappa shape index (κ1) is 20.4. The van der Waals surface area contributed by atoms with Crippen LogP contribution in [0.15, 0.2) is 35.6 Å². The average molecular weight is 442 g/mol. The first-order chi connectivity index (χ1) is 11.1. The lowest BCUT2D eigenvalue weighted by molar-refractivity contribution is 0.683. The van der Waals surface area contributed by atoms with Gasteiger partial charge in [-0.15, -0.1) is 24.0 Å². The molecule has 0 bridgehead atoms. The number of aliphatic imine (C=N–C) groups is 1. The molecular formula is C17H27IN6. The molecule has 1 heterocycles. The number of aromatic nitrogens is 3. The number of halogens is 1. The van der Waals surface area contributed by atoms with E-state index in [0.29, 0.717) is 12.5 Å². The van der Waals surface area contributed by atoms with Crippen LogP contribution in [0.5, 0.6) is 0 Å². The van der Waals surface area contributed by atoms with E-state index in [2.05, 4.69) is 70.7 Å². The first-order valence-corrected chi connectivity index (χ1v) is 8.01. The number of rotatable bonds is 6. The van der Waals surface area contributed by atoms with Crippen LogP contribution in [0.4, 0.5) is 0 Å². The van der Waals surface area contributed by atoms with Crippen LogP contribution < -0.4 is 10.6 Å². The summed E-state index contributed by atoms with van der Waals surface area (Å²) in [5.74, 6) is 2.05. The molecule has 1 aromatic heterocycles. The van der Waals surface area contributed by atoms with Crippen molar-refractivity contribution in [3.63, 3.8) is 0 Å². The zero-order chi connectivity index (χ0) is 16.7. The molecular weight excluding hydrogens is 415 g/mol. The van der Waals surface area contributed by atoms with Gasteiger partial charge in [0.05, 0.1) is 0 Å². The van der Waals surface area contributed by atoms with Gasteiger partial charge in [0, 0.05) is 20.1 Å². The smallest absolute Gasteiger partial charge is 0.191 e. The van der Waals surface area contributed by atoms with Crippen LogP contribution in [0.1, 0.15) is 36.7 Å². The fourth-order valence-corrected chi connectivity index (χ4v) is 2.30. The molecule has 0 amide bonds. The van der Waals surface area contributed by atoms with Crippen LogP contribution in [0, 0.1) is 6.92 Å². The molecule has 2 rings (SSSR count). The minimum absolute atomic E-state index is 0. The zero-order valence-corrected chi connectivity index (χ0v) is 17.1. The van der Waals surface area contributed by atoms with Crippen molar-refractivity contribution in [3.05, 3.63) is 47.5 Å². The second kappa shape index (κ2) is 10.3. The molecule has 0 aliphatic rings. The molecule has 1 aromatic carbocycles. The van der Waals surface area contributed by atoms with Crippen LogP contribution in [0.3, 0.4) is 0 Å². The molecule has 6 nitrogen and oxygen atoms in total. The summed E-state index contributed by atoms with van der Waals surface area (Å²) in [4.78, 5) is 8.76. The summed E-state index contributed by atoms with van der Waals surface area (Å²) in [6, 6.07) is 8.63. The van der Waals surface area contributed by atoms with Crippen molar-refractivity contribution in [2.45, 2.75) is 33.2 Å². The quantitative estimate of drug-likeness (QED) is 0.410. The third kappa shape index (κ3) is 6.10. The summed E-state index contributed by atoms with van der Waals surface area (Å²) in [6.07, 6.45) is 1.55. The molecule has 132 valence electrons. The van der Waals surface area contributed by atoms with Gasteiger partial charge in [-0.3, -0.25) is 4.68 Å². The molecule has 0 saturated heterocycles. The Morgan fingerprint density at radius 3 is 2.75 bits per heavy atom. The molecule has 0 radical (unpaired) electrons. The number of hydrogen-bond acceptors (Lipinski definition) is 3. The maximum absolute atomic E-state index is 4.57. The standard InChI is InChI=1S/C17H26N6.HI/c1-5-18-17(20-11-16-21-12-22-23(16)4)19-10-14(3)15-8-6-7-13(2)9-15;/h6-9,12,14H,5,10-11H2,1-4H3,(H2,18,19,20);1H. The van der Waals surface area contributed by atoms with Crippen molar-refractivity contribution in [1.82, 2.24) is 25.4 Å². The maximum Gasteiger partial charge on any atom is 0.191 e. The Bertz CT molecular complexity index is 652. The lowest BCUT2D eigenvalue weighted by atomic mass is 9.99. The van der Waals surface area contributed by atoms with E-state index in [0.717, 1.165) is 24.9 Å². The Balaban J connectivity index is 0.00000288. The Morgan fingerprint density at radius 2 is 2.12 bits per heavy atom. The molecule has 0 aliphatic heterocycles. The maximum atomic E-state index is 4.57. The molecule has 7 heteroatoms. The predicted octanol–water partition coefficient (Wildman–Crippen LogP) is 2.60. The SMILES string of the molecule is CCNC(=NCc1ncnn1C)NCC(C)c1cccc(C)c1.I. The second-order valence-corrected chi connectivity index (χ2v) is 5.69. The Labute approximate surface area is 161 Å². The van der Waals surface area contributed by atoms with E-state index in [1.165, 1.54) is 11.1 Å². The topological polar surface area (TPSA) is 67.1 Å². The monoisotopic (exact) mass is 442 g/mol. The van der Waals surface area contributed by atoms with Crippen molar-refractivity contribution in [2.75, 3.05) is 13.1 Å². The van der Waals surface area contributed by atoms with Gasteiger partial charge in [0.25, 0.3) is 0 Å². The number of hydrogen-bond donors (Lipinski definition) is 2. The lowest BCUT2D eigenvalue weighted by Gasteiger charge is -2.16. The van der Waals surface area contributed by atoms with Crippen LogP contribution in [-0.2, 0) is 13.6 Å². The second-order valence-electron chi connectivity index (χ2n) is 5.69. The molecule has 1 unspecified atom stereocenters. The van der Waals surface area contributed by atoms with Gasteiger partial charge >= 0.3 is 0 Å². The zero-order valence-electron chi connectivity index (χ0n) is 14.8. The van der Waals surface area contributed by atoms with Crippen molar-refractivity contribution < 1.29 is 0 Å². The number of aryl methyl sites for hydroxylation is 2. The van der Waals surface area contributed by atoms with Crippen LogP contribution in [-0.4, -0.2) is 33.8 Å². The normalized spacial score (nSPS) is 12.4. The lowest BCUT2D eigenvalue weighted by Crippen LogP contribution is -2.39. The fourth-order valence-electron chi connectivity index (χ4n) is 2.30. The summed E-state index contributed by atoms with van der Waals surface area (Å²) in [5, 5.41) is 10.7. The minimum atomic E-state index is 0. The first-order valence-electron chi connectivity index (χ1n) is 8.01. The van der Waals surface area contributed by atoms with Crippen molar-refractivity contribution >= 4 is 29.9 Å². The highest BCUT2D eigenvalue weighted by Crippen LogP contribution is 2.15. The van der Waals surface area contributed by atoms with Gasteiger partial charge in [-0.25, -0.2) is 9.98 Å². The summed E-state index contributed by atoms with van der Waals surface area (Å²) in [7, 11) is 1.87. The summed E-state index contributed by atoms with van der Waals surface area (Å²) < 4.78 is 1.74. The molecule has 0 fully saturated rings. The highest BCUT2D eigenvalue weighted by molar-refractivity contribution is 14.0. The van der Waals surface area contributed by atoms with E-state index >= 15 is 0 Å². The van der Waals surface area contributed by atoms with E-state index in [4.69, 9.17) is 0 Å². The number of benzene rings is 1. The van der Waals surface area contributed by atoms with Crippen LogP contribution >= 0.6 is 24.0 Å². The Morgan fingerprint density at radius 1 is 1.33 bits per heavy atom. The third-order valence-electron chi connectivity index (χ3n) is 3.71. The van der Waals surface area contributed by atoms with Crippen molar-refractivity contribution in [2.24, 2.45) is 12.0 Å². The number of guanidine groups is 1. The third-order valence-corrected chi connectivity index (χ3v) is 3.71. The van der Waals surface area contributed by atoms with Gasteiger partial charge in [0.15, 0.2) is 5.96 Å². The van der Waals surface area contributed by atoms with Gasteiger partial charge in [-0.2, -0.15) is 5.10 Å². The van der Waals surface area contributed by atoms with E-state index in [1.54, 1.807) is 11.0 Å². The molecule has 2 N–H and O–H groups in total. The summed E-state index contributed by atoms with van der Waals surface area (Å²) in [5.41, 5.74) is 2.62. The largest absolute Gasteiger partial charge is 0.357 e. The van der Waals surface area contributed by atoms with Gasteiger partial charge < -0.3 is 10.6 Å². The summed E-state index contributed by atoms with van der Waals surface area (Å²) in [6.45, 7) is 8.55. The van der Waals surface area contributed by atoms with Crippen LogP contribution in [0.25, 0.3) is 0 Å². The number of nitrogens with one attached hydrogen (secondary N) is 2. The van der Waals surface area contributed by atoms with Gasteiger partial charge in [0.1, 0.15) is 18.7 Å². The van der Waals surface area contributed by atoms with Gasteiger partial charge in [0.2, 0.25) is 0 Å². The molecule has 0 spiro atoms. The number of nitrogens with zero attached hydrogens (tertiary/aromatic N) is 4. The van der Waals surface area contributed by atoms with E-state index in [-0.39, 0.29) is 24.0 Å². The van der Waals surface area contributed by atoms with Crippen molar-refractivity contribution in [3.8, 4) is 0 Å². The summed E-state index contributed by atoms with van der Waals surface area (Å²) >= 11 is 0. The van der Waals surface area contributed by atoms with Crippen molar-refractivity contribution in [1.29, 1.82) is 0 Å². The highest BCUT2D eigenvalue weighted by Gasteiger charge is 2.07. The Kier molecular flexibility index (Phi) is 8.73. The highest BCUT2D eigenvalue weighted by atomic mass is 127.